The molecule has 2 rings (SSSR count). The lowest BCUT2D eigenvalue weighted by Gasteiger charge is -2.31. The highest BCUT2D eigenvalue weighted by Gasteiger charge is 2.30. The van der Waals surface area contributed by atoms with Crippen molar-refractivity contribution < 1.29 is 14.3 Å². The lowest BCUT2D eigenvalue weighted by atomic mass is 10.2. The van der Waals surface area contributed by atoms with Crippen LogP contribution in [0.1, 0.15) is 6.92 Å². The van der Waals surface area contributed by atoms with E-state index in [0.29, 0.717) is 16.5 Å². The molecule has 1 atom stereocenters. The molecule has 1 saturated heterocycles. The van der Waals surface area contributed by atoms with Gasteiger partial charge < -0.3 is 15.0 Å². The lowest BCUT2D eigenvalue weighted by Crippen LogP contribution is -2.57. The van der Waals surface area contributed by atoms with E-state index in [4.69, 9.17) is 16.3 Å². The van der Waals surface area contributed by atoms with Crippen molar-refractivity contribution in [3.05, 3.63) is 23.2 Å². The predicted octanol–water partition coefficient (Wildman–Crippen LogP) is 1.20. The third-order valence-corrected chi connectivity index (χ3v) is 3.06. The van der Waals surface area contributed by atoms with Gasteiger partial charge in [-0.05, 0) is 25.1 Å². The highest BCUT2D eigenvalue weighted by Crippen LogP contribution is 2.29. The number of hydrogen-bond acceptors (Lipinski definition) is 3. The highest BCUT2D eigenvalue weighted by atomic mass is 35.5. The third-order valence-electron chi connectivity index (χ3n) is 2.76. The number of piperazine rings is 1. The minimum Gasteiger partial charge on any atom is -0.495 e. The molecule has 1 aliphatic rings. The number of ether oxygens (including phenoxy) is 1. The van der Waals surface area contributed by atoms with Crippen molar-refractivity contribution >= 4 is 29.1 Å². The number of halogens is 1. The van der Waals surface area contributed by atoms with E-state index in [9.17, 15) is 9.59 Å². The molecular weight excluding hydrogens is 256 g/mol. The SMILES string of the molecule is COc1ccc(N2CC(=O)NC(C)C2=O)cc1Cl. The van der Waals surface area contributed by atoms with Crippen molar-refractivity contribution in [1.82, 2.24) is 5.32 Å². The van der Waals surface area contributed by atoms with Crippen LogP contribution in [0.5, 0.6) is 5.75 Å². The summed E-state index contributed by atoms with van der Waals surface area (Å²) in [5, 5.41) is 2.98. The van der Waals surface area contributed by atoms with Gasteiger partial charge in [-0.15, -0.1) is 0 Å². The standard InChI is InChI=1S/C12H13ClN2O3/c1-7-12(17)15(6-11(16)14-7)8-3-4-10(18-2)9(13)5-8/h3-5,7H,6H2,1-2H3,(H,14,16). The molecule has 5 nitrogen and oxygen atoms in total. The maximum absolute atomic E-state index is 12.0. The average Bonchev–Trinajstić information content (AvgIpc) is 2.33. The highest BCUT2D eigenvalue weighted by molar-refractivity contribution is 6.32. The van der Waals surface area contributed by atoms with Gasteiger partial charge >= 0.3 is 0 Å². The zero-order valence-electron chi connectivity index (χ0n) is 10.1. The van der Waals surface area contributed by atoms with E-state index in [1.165, 1.54) is 12.0 Å². The Morgan fingerprint density at radius 3 is 2.78 bits per heavy atom. The molecule has 0 aromatic heterocycles. The maximum atomic E-state index is 12.0. The smallest absolute Gasteiger partial charge is 0.249 e. The van der Waals surface area contributed by atoms with Gasteiger partial charge in [0.15, 0.2) is 0 Å². The summed E-state index contributed by atoms with van der Waals surface area (Å²) in [4.78, 5) is 24.8. The molecule has 1 aliphatic heterocycles. The third kappa shape index (κ3) is 2.26. The molecule has 0 radical (unpaired) electrons. The molecule has 0 spiro atoms. The number of nitrogens with one attached hydrogen (secondary N) is 1. The summed E-state index contributed by atoms with van der Waals surface area (Å²) in [7, 11) is 1.52. The van der Waals surface area contributed by atoms with Crippen LogP contribution in [0.3, 0.4) is 0 Å². The van der Waals surface area contributed by atoms with Crippen LogP contribution in [-0.2, 0) is 9.59 Å². The van der Waals surface area contributed by atoms with Crippen molar-refractivity contribution in [2.45, 2.75) is 13.0 Å². The van der Waals surface area contributed by atoms with Crippen LogP contribution in [0.15, 0.2) is 18.2 Å². The second-order valence-electron chi connectivity index (χ2n) is 4.03. The summed E-state index contributed by atoms with van der Waals surface area (Å²) in [5.74, 6) is 0.187. The second-order valence-corrected chi connectivity index (χ2v) is 4.44. The summed E-state index contributed by atoms with van der Waals surface area (Å²) < 4.78 is 5.04. The van der Waals surface area contributed by atoms with Gasteiger partial charge in [0.05, 0.1) is 12.1 Å². The normalized spacial score (nSPS) is 19.7. The molecule has 1 heterocycles. The van der Waals surface area contributed by atoms with E-state index < -0.39 is 6.04 Å². The quantitative estimate of drug-likeness (QED) is 0.877. The molecule has 0 saturated carbocycles. The number of hydrogen-bond donors (Lipinski definition) is 1. The van der Waals surface area contributed by atoms with Crippen molar-refractivity contribution in [2.24, 2.45) is 0 Å². The predicted molar refractivity (Wildman–Crippen MR) is 68.0 cm³/mol. The number of nitrogens with zero attached hydrogens (tertiary/aromatic N) is 1. The Morgan fingerprint density at radius 1 is 1.44 bits per heavy atom. The Morgan fingerprint density at radius 2 is 2.17 bits per heavy atom. The first-order valence-corrected chi connectivity index (χ1v) is 5.85. The summed E-state index contributed by atoms with van der Waals surface area (Å²) in [6, 6.07) is 4.46. The first kappa shape index (κ1) is 12.7. The lowest BCUT2D eigenvalue weighted by molar-refractivity contribution is -0.130. The minimum absolute atomic E-state index is 0.00578. The first-order valence-electron chi connectivity index (χ1n) is 5.47. The van der Waals surface area contributed by atoms with Gasteiger partial charge in [-0.3, -0.25) is 9.59 Å². The molecule has 1 N–H and O–H groups in total. The van der Waals surface area contributed by atoms with Crippen molar-refractivity contribution in [3.8, 4) is 5.75 Å². The van der Waals surface area contributed by atoms with E-state index in [1.807, 2.05) is 0 Å². The number of rotatable bonds is 2. The van der Waals surface area contributed by atoms with Gasteiger partial charge in [-0.2, -0.15) is 0 Å². The number of anilines is 1. The summed E-state index contributed by atoms with van der Waals surface area (Å²) in [6.07, 6.45) is 0. The van der Waals surface area contributed by atoms with Gasteiger partial charge in [-0.1, -0.05) is 11.6 Å². The number of carbonyl (C=O) groups is 2. The van der Waals surface area contributed by atoms with Gasteiger partial charge in [-0.25, -0.2) is 0 Å². The Bertz CT molecular complexity index is 504. The molecule has 1 aromatic carbocycles. The number of methoxy groups -OCH3 is 1. The van der Waals surface area contributed by atoms with E-state index in [1.54, 1.807) is 25.1 Å². The largest absolute Gasteiger partial charge is 0.495 e. The fourth-order valence-electron chi connectivity index (χ4n) is 1.85. The van der Waals surface area contributed by atoms with E-state index in [0.717, 1.165) is 0 Å². The van der Waals surface area contributed by atoms with Crippen LogP contribution in [0, 0.1) is 0 Å². The molecule has 1 aromatic rings. The number of carbonyl (C=O) groups excluding carboxylic acids is 2. The number of amides is 2. The van der Waals surface area contributed by atoms with Gasteiger partial charge in [0, 0.05) is 5.69 Å². The summed E-state index contributed by atoms with van der Waals surface area (Å²) >= 11 is 6.01. The van der Waals surface area contributed by atoms with Gasteiger partial charge in [0.2, 0.25) is 11.8 Å². The Balaban J connectivity index is 2.32. The zero-order chi connectivity index (χ0) is 13.3. The molecule has 18 heavy (non-hydrogen) atoms. The Hall–Kier alpha value is -1.75. The molecule has 2 amide bonds. The number of benzene rings is 1. The van der Waals surface area contributed by atoms with Crippen LogP contribution >= 0.6 is 11.6 Å². The van der Waals surface area contributed by atoms with E-state index >= 15 is 0 Å². The second kappa shape index (κ2) is 4.86. The maximum Gasteiger partial charge on any atom is 0.249 e. The zero-order valence-corrected chi connectivity index (χ0v) is 10.8. The molecule has 96 valence electrons. The topological polar surface area (TPSA) is 58.6 Å². The Kier molecular flexibility index (Phi) is 3.43. The molecule has 0 aliphatic carbocycles. The fraction of sp³-hybridized carbons (Fsp3) is 0.333. The van der Waals surface area contributed by atoms with Crippen LogP contribution < -0.4 is 15.0 Å². The van der Waals surface area contributed by atoms with Crippen molar-refractivity contribution in [1.29, 1.82) is 0 Å². The average molecular weight is 269 g/mol. The van der Waals surface area contributed by atoms with Gasteiger partial charge in [0.1, 0.15) is 18.3 Å². The minimum atomic E-state index is -0.521. The summed E-state index contributed by atoms with van der Waals surface area (Å²) in [5.41, 5.74) is 0.590. The van der Waals surface area contributed by atoms with E-state index in [-0.39, 0.29) is 18.4 Å². The van der Waals surface area contributed by atoms with Crippen molar-refractivity contribution in [2.75, 3.05) is 18.6 Å². The Labute approximate surface area is 110 Å². The van der Waals surface area contributed by atoms with Gasteiger partial charge in [0.25, 0.3) is 0 Å². The van der Waals surface area contributed by atoms with Crippen LogP contribution in [-0.4, -0.2) is 31.5 Å². The summed E-state index contributed by atoms with van der Waals surface area (Å²) in [6.45, 7) is 1.66. The first-order chi connectivity index (χ1) is 8.52. The van der Waals surface area contributed by atoms with Crippen LogP contribution in [0.25, 0.3) is 0 Å². The molecule has 1 unspecified atom stereocenters. The monoisotopic (exact) mass is 268 g/mol. The molecule has 6 heteroatoms. The molecular formula is C12H13ClN2O3. The van der Waals surface area contributed by atoms with Crippen LogP contribution in [0.2, 0.25) is 5.02 Å². The van der Waals surface area contributed by atoms with E-state index in [2.05, 4.69) is 5.32 Å². The molecule has 1 fully saturated rings. The molecule has 0 bridgehead atoms. The van der Waals surface area contributed by atoms with Crippen LogP contribution in [0.4, 0.5) is 5.69 Å². The fourth-order valence-corrected chi connectivity index (χ4v) is 2.10. The van der Waals surface area contributed by atoms with Crippen molar-refractivity contribution in [3.63, 3.8) is 0 Å².